The minimum atomic E-state index is -3.78. The highest BCUT2D eigenvalue weighted by Crippen LogP contribution is 2.31. The van der Waals surface area contributed by atoms with Crippen molar-refractivity contribution < 1.29 is 17.9 Å². The van der Waals surface area contributed by atoms with E-state index in [4.69, 9.17) is 21.1 Å². The monoisotopic (exact) mass is 405 g/mol. The predicted molar refractivity (Wildman–Crippen MR) is 89.5 cm³/mol. The first-order valence-corrected chi connectivity index (χ1v) is 8.72. The van der Waals surface area contributed by atoms with Crippen molar-refractivity contribution in [1.29, 1.82) is 0 Å². The summed E-state index contributed by atoms with van der Waals surface area (Å²) < 4.78 is 38.0. The van der Waals surface area contributed by atoms with Gasteiger partial charge in [-0.1, -0.05) is 11.6 Å². The number of rotatable bonds is 5. The van der Waals surface area contributed by atoms with E-state index < -0.39 is 10.0 Å². The van der Waals surface area contributed by atoms with Crippen molar-refractivity contribution in [2.45, 2.75) is 4.90 Å². The number of halogens is 2. The van der Waals surface area contributed by atoms with Crippen molar-refractivity contribution in [3.05, 3.63) is 45.9 Å². The maximum absolute atomic E-state index is 12.4. The lowest BCUT2D eigenvalue weighted by Crippen LogP contribution is -2.13. The van der Waals surface area contributed by atoms with E-state index in [1.54, 1.807) is 18.2 Å². The molecule has 0 unspecified atom stereocenters. The second-order valence-corrected chi connectivity index (χ2v) is 7.19. The molecule has 5 nitrogen and oxygen atoms in total. The van der Waals surface area contributed by atoms with E-state index in [0.29, 0.717) is 16.0 Å². The van der Waals surface area contributed by atoms with Gasteiger partial charge in [-0.25, -0.2) is 8.42 Å². The van der Waals surface area contributed by atoms with Crippen molar-refractivity contribution in [3.8, 4) is 11.5 Å². The zero-order chi connectivity index (χ0) is 16.3. The Bertz CT molecular complexity index is 795. The van der Waals surface area contributed by atoms with Crippen LogP contribution in [0.4, 0.5) is 5.69 Å². The van der Waals surface area contributed by atoms with Crippen molar-refractivity contribution >= 4 is 43.2 Å². The summed E-state index contributed by atoms with van der Waals surface area (Å²) in [5, 5.41) is 0.275. The van der Waals surface area contributed by atoms with E-state index in [1.165, 1.54) is 32.4 Å². The average Bonchev–Trinajstić information content (AvgIpc) is 2.49. The van der Waals surface area contributed by atoms with Crippen LogP contribution in [-0.4, -0.2) is 22.6 Å². The standard InChI is InChI=1S/C14H13BrClNO4S/c1-20-9-3-5-12(16)13(7-9)17-22(18,19)10-4-6-14(21-2)11(15)8-10/h3-8,17H,1-2H3. The minimum Gasteiger partial charge on any atom is -0.497 e. The Morgan fingerprint density at radius 3 is 2.41 bits per heavy atom. The van der Waals surface area contributed by atoms with E-state index in [2.05, 4.69) is 20.7 Å². The Morgan fingerprint density at radius 1 is 1.09 bits per heavy atom. The smallest absolute Gasteiger partial charge is 0.261 e. The number of anilines is 1. The molecule has 0 radical (unpaired) electrons. The van der Waals surface area contributed by atoms with Crippen LogP contribution in [0.3, 0.4) is 0 Å². The summed E-state index contributed by atoms with van der Waals surface area (Å²) in [6, 6.07) is 9.17. The Hall–Kier alpha value is -1.44. The first kappa shape index (κ1) is 16.9. The third-order valence-corrected chi connectivity index (χ3v) is 5.16. The number of methoxy groups -OCH3 is 2. The van der Waals surface area contributed by atoms with Gasteiger partial charge in [-0.05, 0) is 46.3 Å². The summed E-state index contributed by atoms with van der Waals surface area (Å²) in [6.45, 7) is 0. The molecule has 0 spiro atoms. The maximum Gasteiger partial charge on any atom is 0.261 e. The molecule has 0 saturated carbocycles. The van der Waals surface area contributed by atoms with Crippen LogP contribution in [0.2, 0.25) is 5.02 Å². The summed E-state index contributed by atoms with van der Waals surface area (Å²) in [5.74, 6) is 1.04. The molecular formula is C14H13BrClNO4S. The van der Waals surface area contributed by atoms with Gasteiger partial charge in [0.15, 0.2) is 0 Å². The lowest BCUT2D eigenvalue weighted by atomic mass is 10.3. The molecule has 0 bridgehead atoms. The Kier molecular flexibility index (Phi) is 5.20. The number of hydrogen-bond donors (Lipinski definition) is 1. The fourth-order valence-electron chi connectivity index (χ4n) is 1.73. The summed E-state index contributed by atoms with van der Waals surface area (Å²) in [4.78, 5) is 0.0825. The molecule has 0 atom stereocenters. The molecule has 0 aliphatic carbocycles. The van der Waals surface area contributed by atoms with Crippen LogP contribution in [-0.2, 0) is 10.0 Å². The lowest BCUT2D eigenvalue weighted by molar-refractivity contribution is 0.411. The molecule has 2 rings (SSSR count). The van der Waals surface area contributed by atoms with Crippen LogP contribution in [0.25, 0.3) is 0 Å². The summed E-state index contributed by atoms with van der Waals surface area (Å²) in [7, 11) is -0.793. The molecule has 22 heavy (non-hydrogen) atoms. The van der Waals surface area contributed by atoms with E-state index in [1.807, 2.05) is 0 Å². The zero-order valence-electron chi connectivity index (χ0n) is 11.8. The van der Waals surface area contributed by atoms with Gasteiger partial charge < -0.3 is 9.47 Å². The van der Waals surface area contributed by atoms with Crippen LogP contribution in [0.15, 0.2) is 45.8 Å². The number of benzene rings is 2. The van der Waals surface area contributed by atoms with Crippen molar-refractivity contribution in [1.82, 2.24) is 0 Å². The summed E-state index contributed by atoms with van der Waals surface area (Å²) in [5.41, 5.74) is 0.243. The van der Waals surface area contributed by atoms with Crippen molar-refractivity contribution in [2.24, 2.45) is 0 Å². The van der Waals surface area contributed by atoms with Gasteiger partial charge in [0.05, 0.1) is 34.3 Å². The number of ether oxygens (including phenoxy) is 2. The van der Waals surface area contributed by atoms with Crippen LogP contribution >= 0.6 is 27.5 Å². The van der Waals surface area contributed by atoms with E-state index >= 15 is 0 Å². The second-order valence-electron chi connectivity index (χ2n) is 4.25. The maximum atomic E-state index is 12.4. The molecule has 0 heterocycles. The highest BCUT2D eigenvalue weighted by molar-refractivity contribution is 9.10. The molecule has 2 aromatic carbocycles. The second kappa shape index (κ2) is 6.76. The zero-order valence-corrected chi connectivity index (χ0v) is 14.9. The van der Waals surface area contributed by atoms with Crippen LogP contribution in [0.1, 0.15) is 0 Å². The Balaban J connectivity index is 2.37. The average molecular weight is 407 g/mol. The van der Waals surface area contributed by atoms with Gasteiger partial charge in [-0.15, -0.1) is 0 Å². The molecule has 8 heteroatoms. The highest BCUT2D eigenvalue weighted by Gasteiger charge is 2.18. The fourth-order valence-corrected chi connectivity index (χ4v) is 3.74. The van der Waals surface area contributed by atoms with E-state index in [9.17, 15) is 8.42 Å². The van der Waals surface area contributed by atoms with Crippen molar-refractivity contribution in [2.75, 3.05) is 18.9 Å². The van der Waals surface area contributed by atoms with E-state index in [0.717, 1.165) is 0 Å². The predicted octanol–water partition coefficient (Wildman–Crippen LogP) is 3.92. The molecule has 0 saturated heterocycles. The van der Waals surface area contributed by atoms with Gasteiger partial charge >= 0.3 is 0 Å². The first-order chi connectivity index (χ1) is 10.4. The topological polar surface area (TPSA) is 64.6 Å². The third kappa shape index (κ3) is 3.66. The number of nitrogens with one attached hydrogen (secondary N) is 1. The minimum absolute atomic E-state index is 0.0825. The molecule has 0 aromatic heterocycles. The van der Waals surface area contributed by atoms with Crippen LogP contribution < -0.4 is 14.2 Å². The number of hydrogen-bond acceptors (Lipinski definition) is 4. The Labute approximate surface area is 142 Å². The molecule has 0 amide bonds. The quantitative estimate of drug-likeness (QED) is 0.817. The summed E-state index contributed by atoms with van der Waals surface area (Å²) in [6.07, 6.45) is 0. The van der Waals surface area contributed by atoms with Gasteiger partial charge in [0.1, 0.15) is 11.5 Å². The largest absolute Gasteiger partial charge is 0.497 e. The first-order valence-electron chi connectivity index (χ1n) is 6.07. The molecule has 0 aliphatic heterocycles. The molecular weight excluding hydrogens is 394 g/mol. The van der Waals surface area contributed by atoms with Crippen LogP contribution in [0.5, 0.6) is 11.5 Å². The van der Waals surface area contributed by atoms with Crippen molar-refractivity contribution in [3.63, 3.8) is 0 Å². The molecule has 118 valence electrons. The van der Waals surface area contributed by atoms with Gasteiger partial charge in [0.25, 0.3) is 10.0 Å². The van der Waals surface area contributed by atoms with Gasteiger partial charge in [-0.2, -0.15) is 0 Å². The van der Waals surface area contributed by atoms with Gasteiger partial charge in [0.2, 0.25) is 0 Å². The SMILES string of the molecule is COc1ccc(Cl)c(NS(=O)(=O)c2ccc(OC)c(Br)c2)c1. The van der Waals surface area contributed by atoms with E-state index in [-0.39, 0.29) is 15.6 Å². The van der Waals surface area contributed by atoms with Crippen LogP contribution in [0, 0.1) is 0 Å². The number of sulfonamides is 1. The summed E-state index contributed by atoms with van der Waals surface area (Å²) >= 11 is 9.27. The Morgan fingerprint density at radius 2 is 1.82 bits per heavy atom. The molecule has 0 aliphatic rings. The lowest BCUT2D eigenvalue weighted by Gasteiger charge is -2.12. The fraction of sp³-hybridized carbons (Fsp3) is 0.143. The van der Waals surface area contributed by atoms with Gasteiger partial charge in [0, 0.05) is 6.07 Å². The molecule has 2 aromatic rings. The normalized spacial score (nSPS) is 11.1. The molecule has 1 N–H and O–H groups in total. The third-order valence-electron chi connectivity index (χ3n) is 2.85. The van der Waals surface area contributed by atoms with Gasteiger partial charge in [-0.3, -0.25) is 4.72 Å². The highest BCUT2D eigenvalue weighted by atomic mass is 79.9. The molecule has 0 fully saturated rings.